The summed E-state index contributed by atoms with van der Waals surface area (Å²) < 4.78 is 8.14. The Balaban J connectivity index is 1.84. The molecule has 0 radical (unpaired) electrons. The third kappa shape index (κ3) is 6.69. The van der Waals surface area contributed by atoms with Crippen molar-refractivity contribution in [2.24, 2.45) is 5.41 Å². The normalized spacial score (nSPS) is 12.2. The molecule has 38 heavy (non-hydrogen) atoms. The molecule has 0 saturated carbocycles. The summed E-state index contributed by atoms with van der Waals surface area (Å²) in [5, 5.41) is 11.6. The summed E-state index contributed by atoms with van der Waals surface area (Å²) in [4.78, 5) is 22.6. The van der Waals surface area contributed by atoms with E-state index in [4.69, 9.17) is 21.3 Å². The van der Waals surface area contributed by atoms with Gasteiger partial charge in [0.2, 0.25) is 0 Å². The van der Waals surface area contributed by atoms with Crippen molar-refractivity contribution >= 4 is 40.4 Å². The van der Waals surface area contributed by atoms with E-state index in [1.54, 1.807) is 31.8 Å². The van der Waals surface area contributed by atoms with Crippen LogP contribution in [0.5, 0.6) is 5.75 Å². The number of carboxylic acids is 1. The lowest BCUT2D eigenvalue weighted by Gasteiger charge is -2.24. The number of rotatable bonds is 9. The lowest BCUT2D eigenvalue weighted by molar-refractivity contribution is -0.146. The zero-order valence-corrected chi connectivity index (χ0v) is 24.3. The number of fused-ring (bicyclic) bond motifs is 1. The van der Waals surface area contributed by atoms with E-state index >= 15 is 0 Å². The maximum atomic E-state index is 12.2. The molecule has 200 valence electrons. The van der Waals surface area contributed by atoms with Crippen LogP contribution in [0.4, 0.5) is 0 Å². The zero-order valence-electron chi connectivity index (χ0n) is 22.7. The topological polar surface area (TPSA) is 77.2 Å². The summed E-state index contributed by atoms with van der Waals surface area (Å²) in [5.74, 6) is -0.195. The number of pyridine rings is 2. The predicted octanol–water partition coefficient (Wildman–Crippen LogP) is 7.56. The average molecular weight is 552 g/mol. The Morgan fingerprint density at radius 2 is 1.82 bits per heavy atom. The van der Waals surface area contributed by atoms with Crippen molar-refractivity contribution in [1.82, 2.24) is 14.5 Å². The highest BCUT2D eigenvalue weighted by atomic mass is 35.5. The maximum absolute atomic E-state index is 12.2. The number of nitrogens with zero attached hydrogens (tertiary/aromatic N) is 3. The summed E-state index contributed by atoms with van der Waals surface area (Å²) in [6.07, 6.45) is 2.09. The fraction of sp³-hybridized carbons (Fsp3) is 0.367. The molecule has 0 aliphatic heterocycles. The minimum atomic E-state index is -0.963. The molecule has 0 fully saturated rings. The molecule has 8 heteroatoms. The summed E-state index contributed by atoms with van der Waals surface area (Å²) >= 11 is 7.86. The number of carbonyl (C=O) groups is 1. The Labute approximate surface area is 233 Å². The molecule has 4 aromatic rings. The number of hydrogen-bond donors (Lipinski definition) is 1. The fourth-order valence-electron chi connectivity index (χ4n) is 4.18. The number of aliphatic carboxylic acids is 1. The van der Waals surface area contributed by atoms with Gasteiger partial charge in [0.1, 0.15) is 18.0 Å². The van der Waals surface area contributed by atoms with Crippen molar-refractivity contribution in [3.8, 4) is 5.75 Å². The van der Waals surface area contributed by atoms with E-state index in [0.29, 0.717) is 30.3 Å². The first-order valence-electron chi connectivity index (χ1n) is 12.6. The Morgan fingerprint density at radius 3 is 2.45 bits per heavy atom. The highest BCUT2D eigenvalue weighted by molar-refractivity contribution is 8.00. The molecular formula is C30H34ClN3O3S. The van der Waals surface area contributed by atoms with Gasteiger partial charge in [-0.2, -0.15) is 0 Å². The molecule has 0 amide bonds. The van der Waals surface area contributed by atoms with Gasteiger partial charge in [-0.05, 0) is 56.7 Å². The van der Waals surface area contributed by atoms with Gasteiger partial charge in [0.15, 0.2) is 0 Å². The third-order valence-electron chi connectivity index (χ3n) is 6.11. The van der Waals surface area contributed by atoms with Crippen molar-refractivity contribution < 1.29 is 14.6 Å². The Bertz CT molecular complexity index is 1460. The standard InChI is InChI=1S/C30H34ClN3O3S/c1-19-8-7-9-22(33-19)18-37-23-14-24-26(38-29(2,3)4)25(15-30(5,6)28(35)36)34(27(24)32-16-23)17-20-10-12-21(31)13-11-20/h7-14,16H,15,17-18H2,1-6H3,(H,35,36). The number of aromatic nitrogens is 3. The van der Waals surface area contributed by atoms with Crippen LogP contribution in [0.25, 0.3) is 11.0 Å². The minimum Gasteiger partial charge on any atom is -0.486 e. The molecule has 1 aromatic carbocycles. The Morgan fingerprint density at radius 1 is 1.11 bits per heavy atom. The van der Waals surface area contributed by atoms with E-state index < -0.39 is 11.4 Å². The Kier molecular flexibility index (Phi) is 8.09. The number of aryl methyl sites for hydroxylation is 1. The second-order valence-electron chi connectivity index (χ2n) is 11.2. The molecule has 0 atom stereocenters. The molecule has 0 aliphatic carbocycles. The first kappa shape index (κ1) is 28.0. The predicted molar refractivity (Wildman–Crippen MR) is 154 cm³/mol. The van der Waals surface area contributed by atoms with Crippen LogP contribution in [0.3, 0.4) is 0 Å². The van der Waals surface area contributed by atoms with E-state index in [2.05, 4.69) is 30.3 Å². The van der Waals surface area contributed by atoms with Crippen LogP contribution in [0, 0.1) is 12.3 Å². The number of thioether (sulfide) groups is 1. The minimum absolute atomic E-state index is 0.107. The number of hydrogen-bond acceptors (Lipinski definition) is 5. The summed E-state index contributed by atoms with van der Waals surface area (Å²) in [5.41, 5.74) is 3.62. The molecule has 0 unspecified atom stereocenters. The maximum Gasteiger partial charge on any atom is 0.309 e. The molecule has 1 N–H and O–H groups in total. The lowest BCUT2D eigenvalue weighted by Crippen LogP contribution is -2.28. The molecule has 3 aromatic heterocycles. The molecule has 4 rings (SSSR count). The van der Waals surface area contributed by atoms with Gasteiger partial charge < -0.3 is 14.4 Å². The highest BCUT2D eigenvalue weighted by Gasteiger charge is 2.33. The van der Waals surface area contributed by atoms with Gasteiger partial charge in [0.05, 0.1) is 17.3 Å². The van der Waals surface area contributed by atoms with Gasteiger partial charge >= 0.3 is 5.97 Å². The quantitative estimate of drug-likeness (QED) is 0.216. The van der Waals surface area contributed by atoms with Crippen LogP contribution in [0.2, 0.25) is 5.02 Å². The summed E-state index contributed by atoms with van der Waals surface area (Å²) in [6, 6.07) is 15.6. The number of benzene rings is 1. The van der Waals surface area contributed by atoms with Gasteiger partial charge in [0, 0.05) is 44.4 Å². The number of ether oxygens (including phenoxy) is 1. The van der Waals surface area contributed by atoms with Crippen LogP contribution >= 0.6 is 23.4 Å². The van der Waals surface area contributed by atoms with Gasteiger partial charge in [-0.3, -0.25) is 9.78 Å². The van der Waals surface area contributed by atoms with Crippen LogP contribution in [0.1, 0.15) is 57.3 Å². The first-order chi connectivity index (χ1) is 17.8. The van der Waals surface area contributed by atoms with Gasteiger partial charge in [-0.25, -0.2) is 4.98 Å². The fourth-order valence-corrected chi connectivity index (χ4v) is 5.47. The van der Waals surface area contributed by atoms with E-state index in [9.17, 15) is 9.90 Å². The molecule has 0 spiro atoms. The molecular weight excluding hydrogens is 518 g/mol. The zero-order chi connectivity index (χ0) is 27.7. The third-order valence-corrected chi connectivity index (χ3v) is 7.64. The van der Waals surface area contributed by atoms with Crippen LogP contribution in [0.15, 0.2) is 59.6 Å². The smallest absolute Gasteiger partial charge is 0.309 e. The monoisotopic (exact) mass is 551 g/mol. The van der Waals surface area contributed by atoms with Gasteiger partial charge in [-0.15, -0.1) is 11.8 Å². The van der Waals surface area contributed by atoms with Crippen molar-refractivity contribution in [3.05, 3.63) is 82.4 Å². The van der Waals surface area contributed by atoms with Crippen LogP contribution in [-0.2, 0) is 24.4 Å². The van der Waals surface area contributed by atoms with Gasteiger partial charge in [0.25, 0.3) is 0 Å². The van der Waals surface area contributed by atoms with E-state index in [-0.39, 0.29) is 4.75 Å². The van der Waals surface area contributed by atoms with Gasteiger partial charge in [-0.1, -0.05) is 50.6 Å². The van der Waals surface area contributed by atoms with Crippen molar-refractivity contribution in [1.29, 1.82) is 0 Å². The average Bonchev–Trinajstić information content (AvgIpc) is 3.09. The van der Waals surface area contributed by atoms with E-state index in [0.717, 1.165) is 38.6 Å². The molecule has 0 bridgehead atoms. The van der Waals surface area contributed by atoms with Crippen LogP contribution < -0.4 is 4.74 Å². The molecule has 6 nitrogen and oxygen atoms in total. The first-order valence-corrected chi connectivity index (χ1v) is 13.8. The Hall–Kier alpha value is -3.03. The van der Waals surface area contributed by atoms with Crippen LogP contribution in [-0.4, -0.2) is 30.4 Å². The van der Waals surface area contributed by atoms with Crippen molar-refractivity contribution in [3.63, 3.8) is 0 Å². The summed E-state index contributed by atoms with van der Waals surface area (Å²) in [6.45, 7) is 12.8. The van der Waals surface area contributed by atoms with Crippen molar-refractivity contribution in [2.45, 2.75) is 70.8 Å². The largest absolute Gasteiger partial charge is 0.486 e. The molecule has 0 aliphatic rings. The summed E-state index contributed by atoms with van der Waals surface area (Å²) in [7, 11) is 0. The highest BCUT2D eigenvalue weighted by Crippen LogP contribution is 2.43. The molecule has 3 heterocycles. The second kappa shape index (κ2) is 11.0. The SMILES string of the molecule is Cc1cccc(COc2cnc3c(c2)c(SC(C)(C)C)c(CC(C)(C)C(=O)O)n3Cc2ccc(Cl)cc2)n1. The lowest BCUT2D eigenvalue weighted by atomic mass is 9.88. The molecule has 0 saturated heterocycles. The van der Waals surface area contributed by atoms with Crippen molar-refractivity contribution in [2.75, 3.05) is 0 Å². The van der Waals surface area contributed by atoms with E-state index in [1.165, 1.54) is 0 Å². The number of carboxylic acid groups (broad SMARTS) is 1. The second-order valence-corrected chi connectivity index (χ2v) is 13.4. The number of halogens is 1. The van der Waals surface area contributed by atoms with E-state index in [1.807, 2.05) is 55.5 Å².